The summed E-state index contributed by atoms with van der Waals surface area (Å²) in [5.41, 5.74) is 2.28. The number of anilines is 2. The van der Waals surface area contributed by atoms with E-state index in [0.29, 0.717) is 5.95 Å². The second-order valence-electron chi connectivity index (χ2n) is 3.53. The monoisotopic (exact) mass is 201 g/mol. The maximum Gasteiger partial charge on any atom is 0.227 e. The number of fused-ring (bicyclic) bond motifs is 1. The van der Waals surface area contributed by atoms with E-state index in [0.717, 1.165) is 18.7 Å². The average Bonchev–Trinajstić information content (AvgIpc) is 2.85. The summed E-state index contributed by atoms with van der Waals surface area (Å²) in [5, 5.41) is 7.47. The minimum absolute atomic E-state index is 0.625. The number of aromatic nitrogens is 4. The van der Waals surface area contributed by atoms with Crippen LogP contribution in [0.15, 0.2) is 24.7 Å². The van der Waals surface area contributed by atoms with Crippen LogP contribution in [0.4, 0.5) is 11.6 Å². The Morgan fingerprint density at radius 1 is 1.27 bits per heavy atom. The van der Waals surface area contributed by atoms with Crippen LogP contribution < -0.4 is 5.32 Å². The molecule has 1 N–H and O–H groups in total. The lowest BCUT2D eigenvalue weighted by molar-refractivity contribution is 0.656. The molecule has 0 atom stereocenters. The van der Waals surface area contributed by atoms with Gasteiger partial charge in [-0.1, -0.05) is 0 Å². The van der Waals surface area contributed by atoms with Gasteiger partial charge in [-0.2, -0.15) is 5.10 Å². The van der Waals surface area contributed by atoms with Gasteiger partial charge in [0, 0.05) is 18.9 Å². The Hall–Kier alpha value is -1.91. The predicted octanol–water partition coefficient (Wildman–Crippen LogP) is 1.36. The second kappa shape index (κ2) is 3.34. The zero-order chi connectivity index (χ0) is 10.1. The minimum atomic E-state index is 0.625. The number of nitrogens with zero attached hydrogens (tertiary/aromatic N) is 4. The van der Waals surface area contributed by atoms with Gasteiger partial charge in [-0.05, 0) is 18.9 Å². The molecule has 5 heteroatoms. The van der Waals surface area contributed by atoms with Gasteiger partial charge in [0.2, 0.25) is 5.95 Å². The molecule has 0 bridgehead atoms. The number of rotatable bonds is 2. The summed E-state index contributed by atoms with van der Waals surface area (Å²) in [5.74, 6) is 0.625. The highest BCUT2D eigenvalue weighted by molar-refractivity contribution is 5.55. The predicted molar refractivity (Wildman–Crippen MR) is 55.9 cm³/mol. The van der Waals surface area contributed by atoms with Crippen LogP contribution in [0.2, 0.25) is 0 Å². The molecule has 2 aromatic heterocycles. The lowest BCUT2D eigenvalue weighted by Crippen LogP contribution is -1.98. The molecular formula is C10H11N5. The van der Waals surface area contributed by atoms with Crippen molar-refractivity contribution in [2.75, 3.05) is 5.32 Å². The first-order valence-corrected chi connectivity index (χ1v) is 5.02. The molecule has 0 amide bonds. The van der Waals surface area contributed by atoms with Gasteiger partial charge in [0.25, 0.3) is 0 Å². The van der Waals surface area contributed by atoms with Crippen LogP contribution in [0.1, 0.15) is 12.1 Å². The fourth-order valence-electron chi connectivity index (χ4n) is 1.85. The molecule has 0 saturated carbocycles. The molecule has 15 heavy (non-hydrogen) atoms. The minimum Gasteiger partial charge on any atom is -0.321 e. The molecule has 0 radical (unpaired) electrons. The standard InChI is InChI=1S/C10H11N5/c1-3-9-8(7-13-15(9)6-1)14-10-11-4-2-5-12-10/h2,4-5,7H,1,3,6H2,(H,11,12,14). The van der Waals surface area contributed by atoms with Gasteiger partial charge >= 0.3 is 0 Å². The summed E-state index contributed by atoms with van der Waals surface area (Å²) in [6.45, 7) is 1.02. The molecule has 0 spiro atoms. The summed E-state index contributed by atoms with van der Waals surface area (Å²) >= 11 is 0. The van der Waals surface area contributed by atoms with Crippen molar-refractivity contribution in [3.05, 3.63) is 30.4 Å². The molecule has 1 aliphatic rings. The van der Waals surface area contributed by atoms with Crippen molar-refractivity contribution < 1.29 is 0 Å². The van der Waals surface area contributed by atoms with E-state index >= 15 is 0 Å². The molecule has 3 heterocycles. The summed E-state index contributed by atoms with van der Waals surface area (Å²) in [4.78, 5) is 8.24. The Morgan fingerprint density at radius 3 is 3.00 bits per heavy atom. The highest BCUT2D eigenvalue weighted by Crippen LogP contribution is 2.24. The highest BCUT2D eigenvalue weighted by Gasteiger charge is 2.16. The third-order valence-corrected chi connectivity index (χ3v) is 2.54. The summed E-state index contributed by atoms with van der Waals surface area (Å²) < 4.78 is 2.03. The van der Waals surface area contributed by atoms with E-state index in [1.54, 1.807) is 18.5 Å². The van der Waals surface area contributed by atoms with Crippen molar-refractivity contribution in [1.82, 2.24) is 19.7 Å². The quantitative estimate of drug-likeness (QED) is 0.797. The van der Waals surface area contributed by atoms with Gasteiger partial charge in [-0.15, -0.1) is 0 Å². The fourth-order valence-corrected chi connectivity index (χ4v) is 1.85. The van der Waals surface area contributed by atoms with Crippen molar-refractivity contribution in [1.29, 1.82) is 0 Å². The molecule has 1 aliphatic heterocycles. The molecule has 0 unspecified atom stereocenters. The molecule has 0 fully saturated rings. The number of aryl methyl sites for hydroxylation is 1. The fraction of sp³-hybridized carbons (Fsp3) is 0.300. The lowest BCUT2D eigenvalue weighted by atomic mass is 10.2. The summed E-state index contributed by atoms with van der Waals surface area (Å²) in [7, 11) is 0. The van der Waals surface area contributed by atoms with Gasteiger partial charge < -0.3 is 5.32 Å². The SMILES string of the molecule is c1cnc(Nc2cnn3c2CCC3)nc1. The summed E-state index contributed by atoms with van der Waals surface area (Å²) in [6, 6.07) is 1.80. The van der Waals surface area contributed by atoms with Crippen LogP contribution in [0.5, 0.6) is 0 Å². The van der Waals surface area contributed by atoms with Crippen LogP contribution >= 0.6 is 0 Å². The Kier molecular flexibility index (Phi) is 1.87. The first-order valence-electron chi connectivity index (χ1n) is 5.02. The van der Waals surface area contributed by atoms with E-state index in [-0.39, 0.29) is 0 Å². The van der Waals surface area contributed by atoms with E-state index in [1.165, 1.54) is 12.1 Å². The molecule has 2 aromatic rings. The van der Waals surface area contributed by atoms with Gasteiger partial charge in [-0.25, -0.2) is 9.97 Å². The second-order valence-corrected chi connectivity index (χ2v) is 3.53. The third-order valence-electron chi connectivity index (χ3n) is 2.54. The molecule has 0 aromatic carbocycles. The van der Waals surface area contributed by atoms with E-state index in [9.17, 15) is 0 Å². The Balaban J connectivity index is 1.89. The van der Waals surface area contributed by atoms with Gasteiger partial charge in [0.1, 0.15) is 0 Å². The first kappa shape index (κ1) is 8.40. The van der Waals surface area contributed by atoms with E-state index < -0.39 is 0 Å². The zero-order valence-corrected chi connectivity index (χ0v) is 8.22. The highest BCUT2D eigenvalue weighted by atomic mass is 15.3. The normalized spacial score (nSPS) is 13.9. The maximum absolute atomic E-state index is 4.29. The first-order chi connectivity index (χ1) is 7.43. The summed E-state index contributed by atoms with van der Waals surface area (Å²) in [6.07, 6.45) is 7.53. The van der Waals surface area contributed by atoms with Crippen molar-refractivity contribution in [2.45, 2.75) is 19.4 Å². The van der Waals surface area contributed by atoms with Crippen LogP contribution in [0, 0.1) is 0 Å². The third kappa shape index (κ3) is 1.45. The zero-order valence-electron chi connectivity index (χ0n) is 8.22. The van der Waals surface area contributed by atoms with Crippen molar-refractivity contribution in [3.63, 3.8) is 0 Å². The number of hydrogen-bond donors (Lipinski definition) is 1. The van der Waals surface area contributed by atoms with Crippen LogP contribution in [-0.2, 0) is 13.0 Å². The van der Waals surface area contributed by atoms with Crippen LogP contribution in [0.25, 0.3) is 0 Å². The molecule has 76 valence electrons. The van der Waals surface area contributed by atoms with Crippen molar-refractivity contribution in [2.24, 2.45) is 0 Å². The van der Waals surface area contributed by atoms with Crippen molar-refractivity contribution >= 4 is 11.6 Å². The van der Waals surface area contributed by atoms with Crippen LogP contribution in [-0.4, -0.2) is 19.7 Å². The number of hydrogen-bond acceptors (Lipinski definition) is 4. The van der Waals surface area contributed by atoms with E-state index in [4.69, 9.17) is 0 Å². The van der Waals surface area contributed by atoms with Crippen molar-refractivity contribution in [3.8, 4) is 0 Å². The average molecular weight is 201 g/mol. The van der Waals surface area contributed by atoms with E-state index in [2.05, 4.69) is 20.4 Å². The van der Waals surface area contributed by atoms with Gasteiger partial charge in [-0.3, -0.25) is 4.68 Å². The number of nitrogens with one attached hydrogen (secondary N) is 1. The Bertz CT molecular complexity index is 462. The van der Waals surface area contributed by atoms with E-state index in [1.807, 2.05) is 10.9 Å². The molecule has 0 aliphatic carbocycles. The molecular weight excluding hydrogens is 190 g/mol. The molecule has 0 saturated heterocycles. The van der Waals surface area contributed by atoms with Gasteiger partial charge in [0.05, 0.1) is 17.6 Å². The lowest BCUT2D eigenvalue weighted by Gasteiger charge is -2.02. The maximum atomic E-state index is 4.29. The molecule has 3 rings (SSSR count). The van der Waals surface area contributed by atoms with Crippen LogP contribution in [0.3, 0.4) is 0 Å². The molecule has 5 nitrogen and oxygen atoms in total. The topological polar surface area (TPSA) is 55.6 Å². The smallest absolute Gasteiger partial charge is 0.227 e. The Morgan fingerprint density at radius 2 is 2.13 bits per heavy atom. The van der Waals surface area contributed by atoms with Gasteiger partial charge in [0.15, 0.2) is 0 Å². The largest absolute Gasteiger partial charge is 0.321 e. The Labute approximate surface area is 87.2 Å².